The molecule has 2 aromatic rings. The fraction of sp³-hybridized carbons (Fsp3) is 0.227. The van der Waals surface area contributed by atoms with Gasteiger partial charge in [-0.15, -0.1) is 0 Å². The molecule has 1 saturated carbocycles. The van der Waals surface area contributed by atoms with Crippen molar-refractivity contribution in [2.75, 3.05) is 0 Å². The van der Waals surface area contributed by atoms with Gasteiger partial charge in [-0.05, 0) is 66.7 Å². The van der Waals surface area contributed by atoms with E-state index in [4.69, 9.17) is 5.11 Å². The average molecular weight is 352 g/mol. The number of phenols is 1. The van der Waals surface area contributed by atoms with Gasteiger partial charge in [0.25, 0.3) is 0 Å². The summed E-state index contributed by atoms with van der Waals surface area (Å²) in [6.07, 6.45) is 7.61. The Balaban J connectivity index is 2.06. The summed E-state index contributed by atoms with van der Waals surface area (Å²) in [7, 11) is 0. The number of aromatic hydroxyl groups is 1. The van der Waals surface area contributed by atoms with Crippen molar-refractivity contribution in [3.05, 3.63) is 76.6 Å². The topological polar surface area (TPSA) is 57.5 Å². The van der Waals surface area contributed by atoms with Crippen LogP contribution in [0.25, 0.3) is 11.6 Å². The minimum absolute atomic E-state index is 0.196. The smallest absolute Gasteiger partial charge is 0.328 e. The highest BCUT2D eigenvalue weighted by Crippen LogP contribution is 2.36. The van der Waals surface area contributed by atoms with Gasteiger partial charge in [0.05, 0.1) is 0 Å². The van der Waals surface area contributed by atoms with Crippen molar-refractivity contribution in [2.45, 2.75) is 32.1 Å². The van der Waals surface area contributed by atoms with E-state index in [-0.39, 0.29) is 11.3 Å². The summed E-state index contributed by atoms with van der Waals surface area (Å²) in [5.41, 5.74) is 4.29. The number of carboxylic acids is 1. The number of aliphatic carboxylic acids is 1. The normalized spacial score (nSPS) is 14.6. The second-order valence-electron chi connectivity index (χ2n) is 6.49. The summed E-state index contributed by atoms with van der Waals surface area (Å²) in [5, 5.41) is 18.3. The molecule has 0 aromatic heterocycles. The van der Waals surface area contributed by atoms with Crippen LogP contribution in [0.4, 0.5) is 4.39 Å². The van der Waals surface area contributed by atoms with Gasteiger partial charge in [0.1, 0.15) is 11.6 Å². The quantitative estimate of drug-likeness (QED) is 0.725. The average Bonchev–Trinajstić information content (AvgIpc) is 2.64. The van der Waals surface area contributed by atoms with Gasteiger partial charge in [-0.25, -0.2) is 9.18 Å². The van der Waals surface area contributed by atoms with Crippen molar-refractivity contribution in [3.8, 4) is 5.75 Å². The fourth-order valence-corrected chi connectivity index (χ4v) is 3.41. The van der Waals surface area contributed by atoms with E-state index in [0.29, 0.717) is 0 Å². The number of halogens is 1. The summed E-state index contributed by atoms with van der Waals surface area (Å²) in [6.45, 7) is 0. The number of allylic oxidation sites excluding steroid dienone is 1. The first-order chi connectivity index (χ1) is 12.5. The zero-order valence-corrected chi connectivity index (χ0v) is 14.4. The minimum atomic E-state index is -1.11. The van der Waals surface area contributed by atoms with Crippen LogP contribution in [0, 0.1) is 5.82 Å². The molecule has 134 valence electrons. The Morgan fingerprint density at radius 3 is 2.23 bits per heavy atom. The molecule has 3 rings (SSSR count). The molecular weight excluding hydrogens is 331 g/mol. The van der Waals surface area contributed by atoms with Crippen LogP contribution in [0.2, 0.25) is 0 Å². The van der Waals surface area contributed by atoms with Crippen LogP contribution in [0.1, 0.15) is 48.8 Å². The molecular formula is C22H21FO3. The molecule has 1 fully saturated rings. The van der Waals surface area contributed by atoms with E-state index < -0.39 is 11.8 Å². The number of carboxylic acid groups (broad SMARTS) is 1. The van der Waals surface area contributed by atoms with Gasteiger partial charge in [0.2, 0.25) is 0 Å². The van der Waals surface area contributed by atoms with Crippen molar-refractivity contribution in [3.63, 3.8) is 0 Å². The van der Waals surface area contributed by atoms with Crippen LogP contribution in [-0.4, -0.2) is 16.2 Å². The maximum Gasteiger partial charge on any atom is 0.328 e. The molecule has 0 heterocycles. The first-order valence-corrected chi connectivity index (χ1v) is 8.77. The highest BCUT2D eigenvalue weighted by atomic mass is 19.1. The lowest BCUT2D eigenvalue weighted by Crippen LogP contribution is -2.01. The van der Waals surface area contributed by atoms with Crippen LogP contribution < -0.4 is 0 Å². The van der Waals surface area contributed by atoms with Crippen molar-refractivity contribution in [2.24, 2.45) is 0 Å². The Kier molecular flexibility index (Phi) is 5.52. The van der Waals surface area contributed by atoms with E-state index in [1.165, 1.54) is 24.1 Å². The largest absolute Gasteiger partial charge is 0.508 e. The molecule has 4 heteroatoms. The van der Waals surface area contributed by atoms with E-state index in [1.54, 1.807) is 18.2 Å². The molecule has 2 N–H and O–H groups in total. The Morgan fingerprint density at radius 2 is 1.62 bits per heavy atom. The van der Waals surface area contributed by atoms with Crippen LogP contribution in [0.3, 0.4) is 0 Å². The highest BCUT2D eigenvalue weighted by Gasteiger charge is 2.16. The number of phenolic OH excluding ortho intramolecular Hbond substituents is 1. The SMILES string of the molecule is O=C(O)C=Cc1ccc(C(=C2CCCCC2)c2ccc(O)cc2)cc1F. The van der Waals surface area contributed by atoms with Crippen molar-refractivity contribution >= 4 is 17.6 Å². The molecule has 3 nitrogen and oxygen atoms in total. The van der Waals surface area contributed by atoms with Gasteiger partial charge in [-0.2, -0.15) is 0 Å². The van der Waals surface area contributed by atoms with Gasteiger partial charge in [0, 0.05) is 11.6 Å². The van der Waals surface area contributed by atoms with Crippen LogP contribution in [0.15, 0.2) is 54.1 Å². The molecule has 2 aromatic carbocycles. The molecule has 0 radical (unpaired) electrons. The summed E-state index contributed by atoms with van der Waals surface area (Å²) in [4.78, 5) is 10.6. The maximum absolute atomic E-state index is 14.5. The highest BCUT2D eigenvalue weighted by molar-refractivity contribution is 5.86. The predicted molar refractivity (Wildman–Crippen MR) is 100 cm³/mol. The molecule has 26 heavy (non-hydrogen) atoms. The minimum Gasteiger partial charge on any atom is -0.508 e. The van der Waals surface area contributed by atoms with Gasteiger partial charge in [0.15, 0.2) is 0 Å². The van der Waals surface area contributed by atoms with Gasteiger partial charge in [-0.1, -0.05) is 36.3 Å². The van der Waals surface area contributed by atoms with Crippen molar-refractivity contribution in [1.29, 1.82) is 0 Å². The standard InChI is InChI=1S/C22H21FO3/c23-20-14-18(7-6-15(20)10-13-21(25)26)22(16-4-2-1-3-5-16)17-8-11-19(24)12-9-17/h6-14,24H,1-5H2,(H,25,26). The monoisotopic (exact) mass is 352 g/mol. The number of benzene rings is 2. The van der Waals surface area contributed by atoms with Crippen LogP contribution in [-0.2, 0) is 4.79 Å². The van der Waals surface area contributed by atoms with Crippen molar-refractivity contribution < 1.29 is 19.4 Å². The molecule has 0 saturated heterocycles. The lowest BCUT2D eigenvalue weighted by atomic mass is 9.85. The van der Waals surface area contributed by atoms with Gasteiger partial charge < -0.3 is 10.2 Å². The molecule has 0 bridgehead atoms. The molecule has 0 spiro atoms. The lowest BCUT2D eigenvalue weighted by Gasteiger charge is -2.20. The van der Waals surface area contributed by atoms with E-state index >= 15 is 0 Å². The first-order valence-electron chi connectivity index (χ1n) is 8.77. The molecule has 0 amide bonds. The second kappa shape index (κ2) is 8.00. The number of carbonyl (C=O) groups is 1. The zero-order chi connectivity index (χ0) is 18.5. The summed E-state index contributed by atoms with van der Waals surface area (Å²) < 4.78 is 14.5. The van der Waals surface area contributed by atoms with E-state index in [0.717, 1.165) is 48.5 Å². The Morgan fingerprint density at radius 1 is 0.962 bits per heavy atom. The van der Waals surface area contributed by atoms with E-state index in [9.17, 15) is 14.3 Å². The number of hydrogen-bond donors (Lipinski definition) is 2. The molecule has 0 unspecified atom stereocenters. The van der Waals surface area contributed by atoms with Gasteiger partial charge >= 0.3 is 5.97 Å². The fourth-order valence-electron chi connectivity index (χ4n) is 3.41. The molecule has 0 aliphatic heterocycles. The number of hydrogen-bond acceptors (Lipinski definition) is 2. The third-order valence-corrected chi connectivity index (χ3v) is 4.66. The predicted octanol–water partition coefficient (Wildman–Crippen LogP) is 5.40. The Hall–Kier alpha value is -2.88. The Bertz CT molecular complexity index is 855. The van der Waals surface area contributed by atoms with E-state index in [1.807, 2.05) is 18.2 Å². The summed E-state index contributed by atoms with van der Waals surface area (Å²) in [5.74, 6) is -1.36. The van der Waals surface area contributed by atoms with Crippen LogP contribution in [0.5, 0.6) is 5.75 Å². The Labute approximate surface area is 152 Å². The third-order valence-electron chi connectivity index (χ3n) is 4.66. The zero-order valence-electron chi connectivity index (χ0n) is 14.4. The van der Waals surface area contributed by atoms with Gasteiger partial charge in [-0.3, -0.25) is 0 Å². The first kappa shape index (κ1) is 17.9. The molecule has 1 aliphatic rings. The number of rotatable bonds is 4. The van der Waals surface area contributed by atoms with Crippen LogP contribution >= 0.6 is 0 Å². The summed E-state index contributed by atoms with van der Waals surface area (Å²) in [6, 6.07) is 11.9. The molecule has 0 atom stereocenters. The molecule has 1 aliphatic carbocycles. The van der Waals surface area contributed by atoms with Crippen molar-refractivity contribution in [1.82, 2.24) is 0 Å². The second-order valence-corrected chi connectivity index (χ2v) is 6.49. The third kappa shape index (κ3) is 4.20. The van der Waals surface area contributed by atoms with E-state index in [2.05, 4.69) is 0 Å². The lowest BCUT2D eigenvalue weighted by molar-refractivity contribution is -0.131. The summed E-state index contributed by atoms with van der Waals surface area (Å²) >= 11 is 0. The maximum atomic E-state index is 14.5.